The molecule has 0 unspecified atom stereocenters. The van der Waals surface area contributed by atoms with E-state index >= 15 is 0 Å². The molecular weight excluding hydrogens is 238 g/mol. The molecule has 100 valence electrons. The van der Waals surface area contributed by atoms with Gasteiger partial charge in [0, 0.05) is 18.0 Å². The molecule has 1 aromatic carbocycles. The second-order valence-corrected chi connectivity index (χ2v) is 9.26. The van der Waals surface area contributed by atoms with Gasteiger partial charge in [-0.05, 0) is 42.4 Å². The molecule has 2 aromatic rings. The summed E-state index contributed by atoms with van der Waals surface area (Å²) in [7, 11) is 1.60. The SMILES string of the molecule is CCS(CC)(CC)c1cc2cc(C)ccc2n1C. The molecule has 1 aromatic heterocycles. The highest BCUT2D eigenvalue weighted by molar-refractivity contribution is 8.33. The van der Waals surface area contributed by atoms with Gasteiger partial charge in [0.25, 0.3) is 0 Å². The molecule has 0 aliphatic heterocycles. The molecule has 0 saturated heterocycles. The van der Waals surface area contributed by atoms with E-state index in [9.17, 15) is 0 Å². The van der Waals surface area contributed by atoms with Crippen LogP contribution in [0.1, 0.15) is 26.3 Å². The molecule has 0 aliphatic carbocycles. The summed E-state index contributed by atoms with van der Waals surface area (Å²) < 4.78 is 2.43. The van der Waals surface area contributed by atoms with Crippen molar-refractivity contribution in [2.75, 3.05) is 17.3 Å². The number of benzene rings is 1. The van der Waals surface area contributed by atoms with Crippen LogP contribution in [-0.4, -0.2) is 21.8 Å². The van der Waals surface area contributed by atoms with Crippen molar-refractivity contribution in [1.29, 1.82) is 0 Å². The Kier molecular flexibility index (Phi) is 3.76. The predicted molar refractivity (Wildman–Crippen MR) is 85.1 cm³/mol. The van der Waals surface area contributed by atoms with Gasteiger partial charge in [-0.2, -0.15) is 0 Å². The van der Waals surface area contributed by atoms with Gasteiger partial charge in [-0.15, -0.1) is 0 Å². The van der Waals surface area contributed by atoms with E-state index in [1.54, 1.807) is 5.03 Å². The Morgan fingerprint density at radius 3 is 2.17 bits per heavy atom. The van der Waals surface area contributed by atoms with Gasteiger partial charge in [-0.1, -0.05) is 32.4 Å². The molecule has 18 heavy (non-hydrogen) atoms. The third-order valence-electron chi connectivity index (χ3n) is 4.26. The van der Waals surface area contributed by atoms with Crippen molar-refractivity contribution in [1.82, 2.24) is 4.57 Å². The quantitative estimate of drug-likeness (QED) is 0.753. The minimum absolute atomic E-state index is 0.631. The second-order valence-electron chi connectivity index (χ2n) is 5.02. The maximum atomic E-state index is 2.44. The van der Waals surface area contributed by atoms with Crippen molar-refractivity contribution >= 4 is 20.9 Å². The number of fused-ring (bicyclic) bond motifs is 1. The number of nitrogens with zero attached hydrogens (tertiary/aromatic N) is 1. The summed E-state index contributed by atoms with van der Waals surface area (Å²) in [5.41, 5.74) is 2.73. The lowest BCUT2D eigenvalue weighted by atomic mass is 10.2. The Morgan fingerprint density at radius 1 is 1.00 bits per heavy atom. The van der Waals surface area contributed by atoms with Crippen LogP contribution in [0, 0.1) is 6.92 Å². The van der Waals surface area contributed by atoms with Crippen molar-refractivity contribution in [2.24, 2.45) is 7.05 Å². The zero-order chi connectivity index (χ0) is 13.3. The summed E-state index contributed by atoms with van der Waals surface area (Å²) in [6.07, 6.45) is 0. The van der Waals surface area contributed by atoms with Gasteiger partial charge in [-0.3, -0.25) is 0 Å². The fourth-order valence-electron chi connectivity index (χ4n) is 2.92. The van der Waals surface area contributed by atoms with Crippen LogP contribution in [0.3, 0.4) is 0 Å². The molecule has 2 rings (SSSR count). The van der Waals surface area contributed by atoms with Gasteiger partial charge < -0.3 is 4.57 Å². The first-order valence-electron chi connectivity index (χ1n) is 6.90. The van der Waals surface area contributed by atoms with E-state index in [0.29, 0.717) is 0 Å². The van der Waals surface area contributed by atoms with Crippen LogP contribution in [0.15, 0.2) is 29.3 Å². The Balaban J connectivity index is 2.67. The monoisotopic (exact) mass is 263 g/mol. The highest BCUT2D eigenvalue weighted by Gasteiger charge is 2.24. The molecule has 1 heterocycles. The normalized spacial score (nSPS) is 13.2. The first-order chi connectivity index (χ1) is 8.57. The fraction of sp³-hybridized carbons (Fsp3) is 0.500. The maximum absolute atomic E-state index is 2.44. The van der Waals surface area contributed by atoms with E-state index in [4.69, 9.17) is 0 Å². The number of hydrogen-bond acceptors (Lipinski definition) is 0. The highest BCUT2D eigenvalue weighted by Crippen LogP contribution is 2.55. The number of aromatic nitrogens is 1. The van der Waals surface area contributed by atoms with Crippen LogP contribution in [0.4, 0.5) is 0 Å². The molecule has 0 saturated carbocycles. The lowest BCUT2D eigenvalue weighted by Crippen LogP contribution is -2.12. The van der Waals surface area contributed by atoms with Gasteiger partial charge in [0.15, 0.2) is 0 Å². The second kappa shape index (κ2) is 5.00. The largest absolute Gasteiger partial charge is 0.340 e. The van der Waals surface area contributed by atoms with E-state index in [1.165, 1.54) is 33.7 Å². The van der Waals surface area contributed by atoms with E-state index in [-0.39, 0.29) is 0 Å². The van der Waals surface area contributed by atoms with Gasteiger partial charge in [0.2, 0.25) is 0 Å². The van der Waals surface area contributed by atoms with Crippen LogP contribution >= 0.6 is 10.0 Å². The molecule has 0 bridgehead atoms. The van der Waals surface area contributed by atoms with Crippen LogP contribution in [-0.2, 0) is 7.05 Å². The number of rotatable bonds is 4. The zero-order valence-corrected chi connectivity index (χ0v) is 13.1. The summed E-state index contributed by atoms with van der Waals surface area (Å²) in [6.45, 7) is 9.23. The van der Waals surface area contributed by atoms with E-state index in [2.05, 4.69) is 63.6 Å². The molecule has 0 spiro atoms. The van der Waals surface area contributed by atoms with Crippen LogP contribution in [0.25, 0.3) is 10.9 Å². The van der Waals surface area contributed by atoms with Crippen molar-refractivity contribution < 1.29 is 0 Å². The third-order valence-corrected chi connectivity index (χ3v) is 8.85. The first kappa shape index (κ1) is 13.5. The zero-order valence-electron chi connectivity index (χ0n) is 12.3. The Hall–Kier alpha value is -0.890. The van der Waals surface area contributed by atoms with Crippen molar-refractivity contribution in [2.45, 2.75) is 32.7 Å². The fourth-order valence-corrected chi connectivity index (χ4v) is 6.08. The Labute approximate surface area is 113 Å². The first-order valence-corrected chi connectivity index (χ1v) is 9.04. The minimum Gasteiger partial charge on any atom is -0.340 e. The van der Waals surface area contributed by atoms with Gasteiger partial charge in [0.05, 0.1) is 5.03 Å². The highest BCUT2D eigenvalue weighted by atomic mass is 32.3. The lowest BCUT2D eigenvalue weighted by Gasteiger charge is -2.37. The standard InChI is InChI=1S/C16H25NS/c1-6-18(7-2,8-3)16-12-14-11-13(4)9-10-15(14)17(16)5/h9-12H,6-8H2,1-5H3. The van der Waals surface area contributed by atoms with Crippen molar-refractivity contribution in [3.63, 3.8) is 0 Å². The van der Waals surface area contributed by atoms with Crippen LogP contribution in [0.2, 0.25) is 0 Å². The van der Waals surface area contributed by atoms with Gasteiger partial charge in [-0.25, -0.2) is 10.0 Å². The summed E-state index contributed by atoms with van der Waals surface area (Å²) in [4.78, 5) is 0. The van der Waals surface area contributed by atoms with Crippen LogP contribution in [0.5, 0.6) is 0 Å². The van der Waals surface area contributed by atoms with Crippen molar-refractivity contribution in [3.8, 4) is 0 Å². The summed E-state index contributed by atoms with van der Waals surface area (Å²) >= 11 is 0. The molecule has 0 radical (unpaired) electrons. The van der Waals surface area contributed by atoms with Gasteiger partial charge >= 0.3 is 0 Å². The average Bonchev–Trinajstić information content (AvgIpc) is 2.70. The minimum atomic E-state index is -0.631. The summed E-state index contributed by atoms with van der Waals surface area (Å²) in [5.74, 6) is 3.88. The maximum Gasteiger partial charge on any atom is 0.0583 e. The molecule has 0 fully saturated rings. The lowest BCUT2D eigenvalue weighted by molar-refractivity contribution is 0.851. The average molecular weight is 263 g/mol. The smallest absolute Gasteiger partial charge is 0.0583 e. The van der Waals surface area contributed by atoms with E-state index < -0.39 is 10.0 Å². The molecule has 0 N–H and O–H groups in total. The predicted octanol–water partition coefficient (Wildman–Crippen LogP) is 4.71. The molecule has 1 nitrogen and oxygen atoms in total. The summed E-state index contributed by atoms with van der Waals surface area (Å²) in [6, 6.07) is 9.23. The Bertz CT molecular complexity index is 541. The van der Waals surface area contributed by atoms with Crippen molar-refractivity contribution in [3.05, 3.63) is 29.8 Å². The Morgan fingerprint density at radius 2 is 1.61 bits per heavy atom. The third kappa shape index (κ3) is 1.97. The molecular formula is C16H25NS. The molecule has 2 heteroatoms. The van der Waals surface area contributed by atoms with Crippen LogP contribution < -0.4 is 0 Å². The van der Waals surface area contributed by atoms with E-state index in [0.717, 1.165) is 0 Å². The van der Waals surface area contributed by atoms with Gasteiger partial charge in [0.1, 0.15) is 0 Å². The number of hydrogen-bond donors (Lipinski definition) is 0. The topological polar surface area (TPSA) is 4.93 Å². The molecule has 0 amide bonds. The molecule has 0 atom stereocenters. The molecule has 0 aliphatic rings. The number of aryl methyl sites for hydroxylation is 2. The summed E-state index contributed by atoms with van der Waals surface area (Å²) in [5, 5.41) is 2.98. The van der Waals surface area contributed by atoms with E-state index in [1.807, 2.05) is 0 Å².